The van der Waals surface area contributed by atoms with Gasteiger partial charge in [-0.3, -0.25) is 14.2 Å². The van der Waals surface area contributed by atoms with E-state index in [9.17, 15) is 9.59 Å². The van der Waals surface area contributed by atoms with Gasteiger partial charge in [-0.05, 0) is 49.3 Å². The molecule has 0 aliphatic heterocycles. The summed E-state index contributed by atoms with van der Waals surface area (Å²) in [5.41, 5.74) is 1.88. The van der Waals surface area contributed by atoms with Gasteiger partial charge >= 0.3 is 0 Å². The van der Waals surface area contributed by atoms with Crippen molar-refractivity contribution in [2.75, 3.05) is 5.75 Å². The smallest absolute Gasteiger partial charge is 0.262 e. The number of rotatable bonds is 7. The zero-order chi connectivity index (χ0) is 21.9. The van der Waals surface area contributed by atoms with E-state index >= 15 is 0 Å². The summed E-state index contributed by atoms with van der Waals surface area (Å²) in [6.45, 7) is 0. The normalized spacial score (nSPS) is 17.9. The third-order valence-electron chi connectivity index (χ3n) is 6.62. The lowest BCUT2D eigenvalue weighted by Gasteiger charge is -2.26. The lowest BCUT2D eigenvalue weighted by atomic mass is 9.95. The number of carbonyl (C=O) groups is 1. The van der Waals surface area contributed by atoms with Crippen LogP contribution in [0.3, 0.4) is 0 Å². The molecule has 1 amide bonds. The van der Waals surface area contributed by atoms with Crippen LogP contribution in [0.4, 0.5) is 0 Å². The topological polar surface area (TPSA) is 64.0 Å². The van der Waals surface area contributed by atoms with Crippen molar-refractivity contribution in [1.29, 1.82) is 0 Å². The second kappa shape index (κ2) is 9.49. The predicted molar refractivity (Wildman–Crippen MR) is 129 cm³/mol. The van der Waals surface area contributed by atoms with Gasteiger partial charge < -0.3 is 5.32 Å². The molecule has 0 spiro atoms. The molecule has 6 heteroatoms. The molecule has 5 nitrogen and oxygen atoms in total. The molecule has 2 saturated carbocycles. The number of hydrogen-bond acceptors (Lipinski definition) is 4. The number of nitrogens with one attached hydrogen (secondary N) is 1. The van der Waals surface area contributed by atoms with E-state index in [1.165, 1.54) is 18.2 Å². The quantitative estimate of drug-likeness (QED) is 0.396. The molecule has 0 saturated heterocycles. The highest BCUT2D eigenvalue weighted by Crippen LogP contribution is 2.41. The number of para-hydroxylation sites is 1. The van der Waals surface area contributed by atoms with Gasteiger partial charge in [-0.15, -0.1) is 0 Å². The van der Waals surface area contributed by atoms with Gasteiger partial charge in [0.2, 0.25) is 5.91 Å². The average Bonchev–Trinajstić information content (AvgIpc) is 3.68. The fourth-order valence-corrected chi connectivity index (χ4v) is 5.67. The molecule has 32 heavy (non-hydrogen) atoms. The number of aromatic nitrogens is 2. The lowest BCUT2D eigenvalue weighted by Crippen LogP contribution is -2.32. The molecule has 1 aromatic heterocycles. The van der Waals surface area contributed by atoms with Gasteiger partial charge in [0.15, 0.2) is 5.16 Å². The summed E-state index contributed by atoms with van der Waals surface area (Å²) in [6, 6.07) is 18.0. The van der Waals surface area contributed by atoms with Crippen molar-refractivity contribution in [2.45, 2.75) is 62.2 Å². The summed E-state index contributed by atoms with van der Waals surface area (Å²) >= 11 is 1.39. The molecule has 0 radical (unpaired) electrons. The van der Waals surface area contributed by atoms with E-state index in [-0.39, 0.29) is 29.3 Å². The molecule has 1 heterocycles. The van der Waals surface area contributed by atoms with Crippen molar-refractivity contribution in [3.05, 3.63) is 70.5 Å². The maximum absolute atomic E-state index is 13.4. The van der Waals surface area contributed by atoms with E-state index in [0.717, 1.165) is 44.1 Å². The Bertz CT molecular complexity index is 1150. The predicted octanol–water partition coefficient (Wildman–Crippen LogP) is 5.26. The first-order valence-corrected chi connectivity index (χ1v) is 12.7. The van der Waals surface area contributed by atoms with E-state index < -0.39 is 0 Å². The number of benzene rings is 2. The molecule has 2 fully saturated rings. The average molecular weight is 448 g/mol. The Hall–Kier alpha value is -2.60. The van der Waals surface area contributed by atoms with Gasteiger partial charge in [-0.2, -0.15) is 0 Å². The molecular formula is C26H29N3O2S. The summed E-state index contributed by atoms with van der Waals surface area (Å²) in [5.74, 6) is 0.770. The van der Waals surface area contributed by atoms with Crippen molar-refractivity contribution >= 4 is 28.6 Å². The van der Waals surface area contributed by atoms with E-state index in [4.69, 9.17) is 4.98 Å². The number of amides is 1. The number of hydrogen-bond donors (Lipinski definition) is 1. The van der Waals surface area contributed by atoms with Crippen LogP contribution in [0.2, 0.25) is 0 Å². The van der Waals surface area contributed by atoms with Gasteiger partial charge in [0.25, 0.3) is 5.56 Å². The van der Waals surface area contributed by atoms with Gasteiger partial charge in [-0.25, -0.2) is 4.98 Å². The van der Waals surface area contributed by atoms with E-state index in [1.807, 2.05) is 47.0 Å². The Labute approximate surface area is 192 Å². The molecule has 3 aromatic rings. The van der Waals surface area contributed by atoms with E-state index in [1.54, 1.807) is 0 Å². The van der Waals surface area contributed by atoms with Crippen LogP contribution in [0.1, 0.15) is 62.6 Å². The Morgan fingerprint density at radius 3 is 2.47 bits per heavy atom. The molecule has 166 valence electrons. The third-order valence-corrected chi connectivity index (χ3v) is 7.57. The summed E-state index contributed by atoms with van der Waals surface area (Å²) < 4.78 is 1.87. The van der Waals surface area contributed by atoms with E-state index in [0.29, 0.717) is 22.0 Å². The van der Waals surface area contributed by atoms with Crippen molar-refractivity contribution < 1.29 is 4.79 Å². The van der Waals surface area contributed by atoms with Crippen LogP contribution < -0.4 is 10.9 Å². The molecule has 1 unspecified atom stereocenters. The summed E-state index contributed by atoms with van der Waals surface area (Å²) in [5, 5.41) is 4.56. The fraction of sp³-hybridized carbons (Fsp3) is 0.423. The van der Waals surface area contributed by atoms with Crippen LogP contribution in [0.5, 0.6) is 0 Å². The van der Waals surface area contributed by atoms with Gasteiger partial charge in [-0.1, -0.05) is 73.5 Å². The van der Waals surface area contributed by atoms with Crippen LogP contribution in [0.25, 0.3) is 10.9 Å². The Morgan fingerprint density at radius 2 is 1.72 bits per heavy atom. The highest BCUT2D eigenvalue weighted by atomic mass is 32.2. The van der Waals surface area contributed by atoms with Crippen LogP contribution in [0.15, 0.2) is 64.5 Å². The second-order valence-corrected chi connectivity index (χ2v) is 9.90. The maximum Gasteiger partial charge on any atom is 0.262 e. The molecule has 5 rings (SSSR count). The maximum atomic E-state index is 13.4. The first-order chi connectivity index (χ1) is 15.7. The lowest BCUT2D eigenvalue weighted by molar-refractivity contribution is -0.119. The molecule has 1 atom stereocenters. The monoisotopic (exact) mass is 447 g/mol. The van der Waals surface area contributed by atoms with Crippen molar-refractivity contribution in [3.8, 4) is 0 Å². The third kappa shape index (κ3) is 4.60. The molecule has 2 aromatic carbocycles. The molecule has 2 aliphatic carbocycles. The fourth-order valence-electron chi connectivity index (χ4n) is 4.80. The Kier molecular flexibility index (Phi) is 6.30. The summed E-state index contributed by atoms with van der Waals surface area (Å²) in [6.07, 6.45) is 7.79. The number of nitrogens with zero attached hydrogens (tertiary/aromatic N) is 2. The van der Waals surface area contributed by atoms with Crippen LogP contribution in [-0.4, -0.2) is 21.2 Å². The Morgan fingerprint density at radius 1 is 1.00 bits per heavy atom. The molecule has 1 N–H and O–H groups in total. The standard InChI is InChI=1S/C26H29N3O2S/c30-23(28-24(19-15-16-19)18-9-3-1-4-10-18)17-32-26-27-22-14-8-7-13-21(22)25(31)29(26)20-11-5-2-6-12-20/h1,3-4,7-10,13-14,19-20,24H,2,5-6,11-12,15-17H2,(H,28,30). The number of thioether (sulfide) groups is 1. The molecular weight excluding hydrogens is 418 g/mol. The second-order valence-electron chi connectivity index (χ2n) is 8.96. The SMILES string of the molecule is O=C(CSc1nc2ccccc2c(=O)n1C1CCCCC1)NC(c1ccccc1)C1CC1. The zero-order valence-electron chi connectivity index (χ0n) is 18.2. The minimum Gasteiger partial charge on any atom is -0.348 e. The van der Waals surface area contributed by atoms with Crippen molar-refractivity contribution in [3.63, 3.8) is 0 Å². The van der Waals surface area contributed by atoms with Gasteiger partial charge in [0.05, 0.1) is 22.7 Å². The van der Waals surface area contributed by atoms with Crippen LogP contribution in [-0.2, 0) is 4.79 Å². The first kappa shape index (κ1) is 21.3. The van der Waals surface area contributed by atoms with E-state index in [2.05, 4.69) is 17.4 Å². The first-order valence-electron chi connectivity index (χ1n) is 11.7. The summed E-state index contributed by atoms with van der Waals surface area (Å²) in [4.78, 5) is 31.1. The molecule has 2 aliphatic rings. The summed E-state index contributed by atoms with van der Waals surface area (Å²) in [7, 11) is 0. The highest BCUT2D eigenvalue weighted by molar-refractivity contribution is 7.99. The Balaban J connectivity index is 1.37. The van der Waals surface area contributed by atoms with Gasteiger partial charge in [0.1, 0.15) is 0 Å². The highest BCUT2D eigenvalue weighted by Gasteiger charge is 2.33. The minimum absolute atomic E-state index is 0.00615. The molecule has 0 bridgehead atoms. The van der Waals surface area contributed by atoms with Crippen molar-refractivity contribution in [2.24, 2.45) is 5.92 Å². The van der Waals surface area contributed by atoms with Crippen LogP contribution in [0, 0.1) is 5.92 Å². The number of carbonyl (C=O) groups excluding carboxylic acids is 1. The van der Waals surface area contributed by atoms with Crippen molar-refractivity contribution in [1.82, 2.24) is 14.9 Å². The largest absolute Gasteiger partial charge is 0.348 e. The van der Waals surface area contributed by atoms with Gasteiger partial charge in [0, 0.05) is 6.04 Å². The zero-order valence-corrected chi connectivity index (χ0v) is 19.0. The van der Waals surface area contributed by atoms with Crippen LogP contribution >= 0.6 is 11.8 Å². The number of fused-ring (bicyclic) bond motifs is 1. The minimum atomic E-state index is -0.00615.